The molecule has 7 aromatic carbocycles. The summed E-state index contributed by atoms with van der Waals surface area (Å²) >= 11 is 0. The van der Waals surface area contributed by atoms with E-state index in [9.17, 15) is 0 Å². The fraction of sp³-hybridized carbons (Fsp3) is 0.174. The zero-order valence-corrected chi connectivity index (χ0v) is 28.9. The second-order valence-electron chi connectivity index (χ2n) is 13.7. The van der Waals surface area contributed by atoms with E-state index in [2.05, 4.69) is 186 Å². The summed E-state index contributed by atoms with van der Waals surface area (Å²) in [5.74, 6) is 0.938. The van der Waals surface area contributed by atoms with Crippen molar-refractivity contribution in [3.63, 3.8) is 0 Å². The predicted octanol–water partition coefficient (Wildman–Crippen LogP) is 13.7. The Kier molecular flexibility index (Phi) is 8.50. The van der Waals surface area contributed by atoms with Crippen LogP contribution in [0.1, 0.15) is 61.8 Å². The zero-order valence-electron chi connectivity index (χ0n) is 28.9. The number of hydrogen-bond acceptors (Lipinski definition) is 2. The molecule has 48 heavy (non-hydrogen) atoms. The molecule has 2 heteroatoms. The van der Waals surface area contributed by atoms with Gasteiger partial charge < -0.3 is 10.6 Å². The molecule has 0 aromatic heterocycles. The lowest BCUT2D eigenvalue weighted by atomic mass is 9.85. The number of benzene rings is 7. The van der Waals surface area contributed by atoms with Gasteiger partial charge in [0.25, 0.3) is 0 Å². The lowest BCUT2D eigenvalue weighted by Crippen LogP contribution is -2.01. The zero-order chi connectivity index (χ0) is 33.4. The Morgan fingerprint density at radius 3 is 1.38 bits per heavy atom. The van der Waals surface area contributed by atoms with Gasteiger partial charge in [-0.2, -0.15) is 0 Å². The van der Waals surface area contributed by atoms with Crippen LogP contribution in [0.2, 0.25) is 0 Å². The molecule has 2 N–H and O–H groups in total. The first-order valence-corrected chi connectivity index (χ1v) is 17.2. The average molecular weight is 625 g/mol. The van der Waals surface area contributed by atoms with Crippen molar-refractivity contribution in [3.05, 3.63) is 156 Å². The Morgan fingerprint density at radius 1 is 0.417 bits per heavy atom. The smallest absolute Gasteiger partial charge is 0.0551 e. The van der Waals surface area contributed by atoms with Gasteiger partial charge in [-0.05, 0) is 83.3 Å². The topological polar surface area (TPSA) is 24.1 Å². The van der Waals surface area contributed by atoms with Gasteiger partial charge in [-0.25, -0.2) is 0 Å². The van der Waals surface area contributed by atoms with E-state index in [1.54, 1.807) is 0 Å². The third-order valence-corrected chi connectivity index (χ3v) is 9.59. The number of fused-ring (bicyclic) bond motifs is 2. The first kappa shape index (κ1) is 31.3. The first-order chi connectivity index (χ1) is 23.3. The average Bonchev–Trinajstić information content (AvgIpc) is 3.11. The monoisotopic (exact) mass is 624 g/mol. The fourth-order valence-corrected chi connectivity index (χ4v) is 6.72. The molecule has 0 aliphatic carbocycles. The van der Waals surface area contributed by atoms with Crippen molar-refractivity contribution >= 4 is 44.3 Å². The van der Waals surface area contributed by atoms with E-state index >= 15 is 0 Å². The number of aryl methyl sites for hydroxylation is 2. The summed E-state index contributed by atoms with van der Waals surface area (Å²) in [6.45, 7) is 13.3. The number of nitrogens with one attached hydrogen (secondary N) is 2. The lowest BCUT2D eigenvalue weighted by Gasteiger charge is -2.24. The second kappa shape index (κ2) is 13.0. The van der Waals surface area contributed by atoms with Gasteiger partial charge >= 0.3 is 0 Å². The molecule has 7 aromatic rings. The number of hydrogen-bond donors (Lipinski definition) is 2. The van der Waals surface area contributed by atoms with Gasteiger partial charge in [-0.15, -0.1) is 0 Å². The molecule has 2 nitrogen and oxygen atoms in total. The van der Waals surface area contributed by atoms with Crippen LogP contribution in [0.4, 0.5) is 22.7 Å². The van der Waals surface area contributed by atoms with Gasteiger partial charge in [0.2, 0.25) is 0 Å². The van der Waals surface area contributed by atoms with Gasteiger partial charge in [0.1, 0.15) is 0 Å². The Balaban J connectivity index is 1.60. The van der Waals surface area contributed by atoms with E-state index in [0.29, 0.717) is 11.8 Å². The second-order valence-corrected chi connectivity index (χ2v) is 13.7. The fourth-order valence-electron chi connectivity index (χ4n) is 6.72. The van der Waals surface area contributed by atoms with Crippen LogP contribution in [-0.4, -0.2) is 0 Å². The highest BCUT2D eigenvalue weighted by Crippen LogP contribution is 2.49. The van der Waals surface area contributed by atoms with E-state index in [0.717, 1.165) is 22.7 Å². The third kappa shape index (κ3) is 6.07. The molecule has 0 amide bonds. The minimum Gasteiger partial charge on any atom is -0.355 e. The molecule has 238 valence electrons. The number of anilines is 4. The van der Waals surface area contributed by atoms with Crippen molar-refractivity contribution < 1.29 is 0 Å². The van der Waals surface area contributed by atoms with Gasteiger partial charge in [0, 0.05) is 32.9 Å². The summed E-state index contributed by atoms with van der Waals surface area (Å²) in [7, 11) is 0. The summed E-state index contributed by atoms with van der Waals surface area (Å²) < 4.78 is 0. The largest absolute Gasteiger partial charge is 0.355 e. The van der Waals surface area contributed by atoms with Gasteiger partial charge in [0.05, 0.1) is 11.4 Å². The van der Waals surface area contributed by atoms with Crippen molar-refractivity contribution in [2.45, 2.75) is 53.4 Å². The summed E-state index contributed by atoms with van der Waals surface area (Å²) in [5.41, 5.74) is 14.4. The van der Waals surface area contributed by atoms with E-state index in [1.807, 2.05) is 0 Å². The molecule has 0 saturated carbocycles. The molecule has 7 rings (SSSR count). The van der Waals surface area contributed by atoms with E-state index < -0.39 is 0 Å². The minimum atomic E-state index is 0.461. The van der Waals surface area contributed by atoms with Crippen LogP contribution in [0.3, 0.4) is 0 Å². The normalized spacial score (nSPS) is 11.5. The molecule has 0 unspecified atom stereocenters. The lowest BCUT2D eigenvalue weighted by molar-refractivity contribution is 0.867. The summed E-state index contributed by atoms with van der Waals surface area (Å²) in [4.78, 5) is 0. The van der Waals surface area contributed by atoms with Crippen LogP contribution in [0.5, 0.6) is 0 Å². The maximum absolute atomic E-state index is 3.93. The Morgan fingerprint density at radius 2 is 0.875 bits per heavy atom. The van der Waals surface area contributed by atoms with E-state index in [4.69, 9.17) is 0 Å². The quantitative estimate of drug-likeness (QED) is 0.130. The minimum absolute atomic E-state index is 0.461. The summed E-state index contributed by atoms with van der Waals surface area (Å²) in [6, 6.07) is 49.2. The molecule has 0 radical (unpaired) electrons. The highest BCUT2D eigenvalue weighted by Gasteiger charge is 2.22. The highest BCUT2D eigenvalue weighted by molar-refractivity contribution is 6.26. The maximum Gasteiger partial charge on any atom is 0.0551 e. The molecular weight excluding hydrogens is 581 g/mol. The Labute approximate surface area is 285 Å². The van der Waals surface area contributed by atoms with Gasteiger partial charge in [0.15, 0.2) is 0 Å². The van der Waals surface area contributed by atoms with Gasteiger partial charge in [-0.1, -0.05) is 148 Å². The molecule has 0 spiro atoms. The first-order valence-electron chi connectivity index (χ1n) is 17.2. The van der Waals surface area contributed by atoms with Crippen LogP contribution in [0, 0.1) is 13.8 Å². The third-order valence-electron chi connectivity index (χ3n) is 9.59. The standard InChI is InChI=1S/C46H44N2/c1-29(2)33-15-19-35(20-16-33)39-27-28-42-44(43(39)36-21-17-34(18-22-36)30(3)4)46(48-38-25-13-32(6)14-26-38)41-10-8-7-9-40(41)45(42)47-37-23-11-31(5)12-24-37/h7-30,47-48H,1-6H3. The SMILES string of the molecule is Cc1ccc(Nc2c3ccccc3c(Nc3ccc(C)cc3)c3c(-c4ccc(C(C)C)cc4)c(-c4ccc(C(C)C)cc4)ccc23)cc1. The van der Waals surface area contributed by atoms with Crippen molar-refractivity contribution in [2.24, 2.45) is 0 Å². The molecule has 0 aliphatic heterocycles. The Bertz CT molecular complexity index is 2200. The molecule has 0 aliphatic rings. The molecule has 0 heterocycles. The van der Waals surface area contributed by atoms with Crippen molar-refractivity contribution in [1.29, 1.82) is 0 Å². The highest BCUT2D eigenvalue weighted by atomic mass is 14.9. The maximum atomic E-state index is 3.93. The van der Waals surface area contributed by atoms with E-state index in [-0.39, 0.29) is 0 Å². The van der Waals surface area contributed by atoms with E-state index in [1.165, 1.54) is 66.1 Å². The number of rotatable bonds is 8. The van der Waals surface area contributed by atoms with Gasteiger partial charge in [-0.3, -0.25) is 0 Å². The van der Waals surface area contributed by atoms with Crippen molar-refractivity contribution in [3.8, 4) is 22.3 Å². The predicted molar refractivity (Wildman–Crippen MR) is 209 cm³/mol. The molecule has 0 atom stereocenters. The van der Waals surface area contributed by atoms with Crippen LogP contribution in [0.25, 0.3) is 43.8 Å². The molecule has 0 saturated heterocycles. The molecule has 0 fully saturated rings. The van der Waals surface area contributed by atoms with Crippen molar-refractivity contribution in [2.75, 3.05) is 10.6 Å². The van der Waals surface area contributed by atoms with Crippen LogP contribution >= 0.6 is 0 Å². The summed E-state index contributed by atoms with van der Waals surface area (Å²) in [6.07, 6.45) is 0. The van der Waals surface area contributed by atoms with Crippen LogP contribution in [-0.2, 0) is 0 Å². The van der Waals surface area contributed by atoms with Crippen LogP contribution < -0.4 is 10.6 Å². The molecular formula is C46H44N2. The molecule has 0 bridgehead atoms. The van der Waals surface area contributed by atoms with Crippen molar-refractivity contribution in [1.82, 2.24) is 0 Å². The Hall–Kier alpha value is -5.34. The summed E-state index contributed by atoms with van der Waals surface area (Å²) in [5, 5.41) is 12.5. The van der Waals surface area contributed by atoms with Crippen LogP contribution in [0.15, 0.2) is 133 Å².